The fourth-order valence-electron chi connectivity index (χ4n) is 2.26. The van der Waals surface area contributed by atoms with Gasteiger partial charge in [0.1, 0.15) is 11.6 Å². The van der Waals surface area contributed by atoms with E-state index in [-0.39, 0.29) is 12.4 Å². The number of nitrogens with zero attached hydrogens (tertiary/aromatic N) is 1. The van der Waals surface area contributed by atoms with Crippen LogP contribution in [0.5, 0.6) is 11.5 Å². The molecule has 0 saturated heterocycles. The molecule has 7 nitrogen and oxygen atoms in total. The predicted molar refractivity (Wildman–Crippen MR) is 99.9 cm³/mol. The molecule has 0 radical (unpaired) electrons. The molecule has 0 fully saturated rings. The third-order valence-electron chi connectivity index (χ3n) is 3.53. The zero-order valence-electron chi connectivity index (χ0n) is 13.9. The third-order valence-corrected chi connectivity index (χ3v) is 4.22. The second-order valence-corrected chi connectivity index (χ2v) is 6.24. The van der Waals surface area contributed by atoms with E-state index in [1.54, 1.807) is 48.5 Å². The topological polar surface area (TPSA) is 97.7 Å². The van der Waals surface area contributed by atoms with Gasteiger partial charge in [0.25, 0.3) is 5.91 Å². The van der Waals surface area contributed by atoms with Crippen LogP contribution in [0.2, 0.25) is 0 Å². The highest BCUT2D eigenvalue weighted by atomic mass is 79.9. The molecular formula is C19H13BrN2O5. The highest BCUT2D eigenvalue weighted by Crippen LogP contribution is 2.33. The van der Waals surface area contributed by atoms with Crippen LogP contribution < -0.4 is 14.8 Å². The Hall–Kier alpha value is -3.31. The molecule has 8 heteroatoms. The molecule has 2 aromatic rings. The summed E-state index contributed by atoms with van der Waals surface area (Å²) in [4.78, 5) is 24.0. The minimum absolute atomic E-state index is 0.127. The Labute approximate surface area is 163 Å². The van der Waals surface area contributed by atoms with Gasteiger partial charge in [0, 0.05) is 4.47 Å². The SMILES string of the molecule is N#CC(=Cc1ccc2c(c1)OCO2)C(=O)OCC(=O)Nc1ccccc1Br. The van der Waals surface area contributed by atoms with Crippen molar-refractivity contribution in [3.8, 4) is 17.6 Å². The molecule has 0 spiro atoms. The van der Waals surface area contributed by atoms with Gasteiger partial charge >= 0.3 is 5.97 Å². The van der Waals surface area contributed by atoms with Crippen molar-refractivity contribution in [3.05, 3.63) is 58.1 Å². The van der Waals surface area contributed by atoms with Gasteiger partial charge in [-0.1, -0.05) is 18.2 Å². The summed E-state index contributed by atoms with van der Waals surface area (Å²) in [6.45, 7) is -0.386. The maximum absolute atomic E-state index is 12.1. The number of hydrogen-bond donors (Lipinski definition) is 1. The average Bonchev–Trinajstić information content (AvgIpc) is 3.14. The Bertz CT molecular complexity index is 965. The number of para-hydroxylation sites is 1. The van der Waals surface area contributed by atoms with Crippen molar-refractivity contribution in [2.45, 2.75) is 0 Å². The predicted octanol–water partition coefficient (Wildman–Crippen LogP) is 3.27. The third kappa shape index (κ3) is 4.65. The van der Waals surface area contributed by atoms with Gasteiger partial charge in [-0.05, 0) is 51.8 Å². The van der Waals surface area contributed by atoms with E-state index in [0.29, 0.717) is 27.2 Å². The zero-order valence-corrected chi connectivity index (χ0v) is 15.5. The molecule has 0 atom stereocenters. The van der Waals surface area contributed by atoms with Crippen LogP contribution in [0.25, 0.3) is 6.08 Å². The number of amides is 1. The second-order valence-electron chi connectivity index (χ2n) is 5.39. The van der Waals surface area contributed by atoms with Crippen molar-refractivity contribution >= 4 is 39.6 Å². The molecule has 27 heavy (non-hydrogen) atoms. The minimum Gasteiger partial charge on any atom is -0.454 e. The first-order valence-corrected chi connectivity index (χ1v) is 8.59. The normalized spacial score (nSPS) is 12.2. The molecule has 1 amide bonds. The molecule has 1 heterocycles. The van der Waals surface area contributed by atoms with Crippen molar-refractivity contribution in [1.29, 1.82) is 5.26 Å². The molecule has 2 aromatic carbocycles. The summed E-state index contributed by atoms with van der Waals surface area (Å²) in [5, 5.41) is 11.8. The number of nitrogens with one attached hydrogen (secondary N) is 1. The van der Waals surface area contributed by atoms with E-state index in [2.05, 4.69) is 21.2 Å². The van der Waals surface area contributed by atoms with Crippen LogP contribution in [-0.4, -0.2) is 25.3 Å². The Morgan fingerprint density at radius 1 is 1.22 bits per heavy atom. The van der Waals surface area contributed by atoms with E-state index in [4.69, 9.17) is 14.2 Å². The molecule has 0 saturated carbocycles. The average molecular weight is 429 g/mol. The number of rotatable bonds is 5. The van der Waals surface area contributed by atoms with Crippen molar-refractivity contribution < 1.29 is 23.8 Å². The lowest BCUT2D eigenvalue weighted by Crippen LogP contribution is -2.21. The van der Waals surface area contributed by atoms with Crippen molar-refractivity contribution in [1.82, 2.24) is 0 Å². The smallest absolute Gasteiger partial charge is 0.349 e. The van der Waals surface area contributed by atoms with Gasteiger partial charge in [0.2, 0.25) is 6.79 Å². The molecule has 1 aliphatic heterocycles. The van der Waals surface area contributed by atoms with Gasteiger partial charge in [-0.2, -0.15) is 5.26 Å². The number of ether oxygens (including phenoxy) is 3. The molecule has 1 aliphatic rings. The Morgan fingerprint density at radius 2 is 2.00 bits per heavy atom. The Balaban J connectivity index is 1.61. The summed E-state index contributed by atoms with van der Waals surface area (Å²) in [6, 6.07) is 13.8. The molecule has 1 N–H and O–H groups in total. The number of fused-ring (bicyclic) bond motifs is 1. The summed E-state index contributed by atoms with van der Waals surface area (Å²) < 4.78 is 16.1. The quantitative estimate of drug-likeness (QED) is 0.445. The Kier molecular flexibility index (Phi) is 5.74. The fraction of sp³-hybridized carbons (Fsp3) is 0.105. The highest BCUT2D eigenvalue weighted by Gasteiger charge is 2.16. The van der Waals surface area contributed by atoms with Crippen LogP contribution in [0.4, 0.5) is 5.69 Å². The van der Waals surface area contributed by atoms with E-state index in [0.717, 1.165) is 0 Å². The van der Waals surface area contributed by atoms with Crippen LogP contribution >= 0.6 is 15.9 Å². The van der Waals surface area contributed by atoms with Crippen LogP contribution in [0.15, 0.2) is 52.5 Å². The van der Waals surface area contributed by atoms with Gasteiger partial charge in [-0.15, -0.1) is 0 Å². The summed E-state index contributed by atoms with van der Waals surface area (Å²) in [6.07, 6.45) is 1.36. The van der Waals surface area contributed by atoms with Crippen LogP contribution in [-0.2, 0) is 14.3 Å². The monoisotopic (exact) mass is 428 g/mol. The molecular weight excluding hydrogens is 416 g/mol. The van der Waals surface area contributed by atoms with Crippen LogP contribution in [0.3, 0.4) is 0 Å². The molecule has 0 aliphatic carbocycles. The Morgan fingerprint density at radius 3 is 2.78 bits per heavy atom. The van der Waals surface area contributed by atoms with Crippen molar-refractivity contribution in [2.24, 2.45) is 0 Å². The molecule has 0 unspecified atom stereocenters. The first kappa shape index (κ1) is 18.5. The van der Waals surface area contributed by atoms with Crippen molar-refractivity contribution in [3.63, 3.8) is 0 Å². The summed E-state index contributed by atoms with van der Waals surface area (Å²) in [5.74, 6) is -0.285. The number of nitriles is 1. The molecule has 3 rings (SSSR count). The lowest BCUT2D eigenvalue weighted by atomic mass is 10.1. The second kappa shape index (κ2) is 8.38. The van der Waals surface area contributed by atoms with Crippen LogP contribution in [0, 0.1) is 11.3 Å². The maximum atomic E-state index is 12.1. The van der Waals surface area contributed by atoms with Crippen molar-refractivity contribution in [2.75, 3.05) is 18.7 Å². The van der Waals surface area contributed by atoms with E-state index >= 15 is 0 Å². The summed E-state index contributed by atoms with van der Waals surface area (Å²) in [7, 11) is 0. The molecule has 136 valence electrons. The van der Waals surface area contributed by atoms with Gasteiger partial charge in [0.05, 0.1) is 5.69 Å². The summed E-state index contributed by atoms with van der Waals surface area (Å²) >= 11 is 3.30. The van der Waals surface area contributed by atoms with E-state index < -0.39 is 18.5 Å². The molecule has 0 aromatic heterocycles. The van der Waals surface area contributed by atoms with E-state index in [1.165, 1.54) is 6.08 Å². The first-order chi connectivity index (χ1) is 13.1. The largest absolute Gasteiger partial charge is 0.454 e. The van der Waals surface area contributed by atoms with Gasteiger partial charge in [-0.3, -0.25) is 4.79 Å². The van der Waals surface area contributed by atoms with Gasteiger partial charge < -0.3 is 19.5 Å². The molecule has 0 bridgehead atoms. The number of esters is 1. The lowest BCUT2D eigenvalue weighted by molar-refractivity contribution is -0.142. The first-order valence-electron chi connectivity index (χ1n) is 7.80. The lowest BCUT2D eigenvalue weighted by Gasteiger charge is -2.07. The maximum Gasteiger partial charge on any atom is 0.349 e. The summed E-state index contributed by atoms with van der Waals surface area (Å²) in [5.41, 5.74) is 0.892. The van der Waals surface area contributed by atoms with E-state index in [1.807, 2.05) is 0 Å². The number of halogens is 1. The van der Waals surface area contributed by atoms with Gasteiger partial charge in [-0.25, -0.2) is 4.79 Å². The minimum atomic E-state index is -0.891. The standard InChI is InChI=1S/C19H13BrN2O5/c20-14-3-1-2-4-15(14)22-18(23)10-25-19(24)13(9-21)7-12-5-6-16-17(8-12)27-11-26-16/h1-8H,10-11H2,(H,22,23). The number of benzene rings is 2. The number of anilines is 1. The fourth-order valence-corrected chi connectivity index (χ4v) is 2.65. The number of hydrogen-bond acceptors (Lipinski definition) is 6. The number of carbonyl (C=O) groups excluding carboxylic acids is 2. The number of carbonyl (C=O) groups is 2. The van der Waals surface area contributed by atoms with E-state index in [9.17, 15) is 14.9 Å². The van der Waals surface area contributed by atoms with Gasteiger partial charge in [0.15, 0.2) is 18.1 Å². The zero-order chi connectivity index (χ0) is 19.2. The van der Waals surface area contributed by atoms with Crippen LogP contribution in [0.1, 0.15) is 5.56 Å². The highest BCUT2D eigenvalue weighted by molar-refractivity contribution is 9.10.